The van der Waals surface area contributed by atoms with Gasteiger partial charge in [0, 0.05) is 5.88 Å². The van der Waals surface area contributed by atoms with Gasteiger partial charge in [0.25, 0.3) is 0 Å². The van der Waals surface area contributed by atoms with Crippen molar-refractivity contribution in [2.24, 2.45) is 5.92 Å². The van der Waals surface area contributed by atoms with Crippen molar-refractivity contribution in [3.8, 4) is 0 Å². The number of hydrogen-bond donors (Lipinski definition) is 0. The molecular formula is C10H12ClF. The van der Waals surface area contributed by atoms with Crippen molar-refractivity contribution in [1.29, 1.82) is 0 Å². The molecule has 0 aromatic heterocycles. The SMILES string of the molecule is CC(CCl)Cc1ccccc1F. The van der Waals surface area contributed by atoms with Crippen LogP contribution < -0.4 is 0 Å². The molecule has 2 heteroatoms. The van der Waals surface area contributed by atoms with Crippen LogP contribution in [-0.4, -0.2) is 5.88 Å². The van der Waals surface area contributed by atoms with Gasteiger partial charge in [-0.05, 0) is 24.0 Å². The normalized spacial score (nSPS) is 12.9. The van der Waals surface area contributed by atoms with E-state index >= 15 is 0 Å². The molecule has 1 aromatic carbocycles. The van der Waals surface area contributed by atoms with Crippen LogP contribution in [0, 0.1) is 11.7 Å². The van der Waals surface area contributed by atoms with Crippen LogP contribution >= 0.6 is 11.6 Å². The lowest BCUT2D eigenvalue weighted by molar-refractivity contribution is 0.576. The predicted octanol–water partition coefficient (Wildman–Crippen LogP) is 3.24. The van der Waals surface area contributed by atoms with Crippen LogP contribution in [0.4, 0.5) is 4.39 Å². The van der Waals surface area contributed by atoms with Crippen molar-refractivity contribution in [2.75, 3.05) is 5.88 Å². The largest absolute Gasteiger partial charge is 0.207 e. The summed E-state index contributed by atoms with van der Waals surface area (Å²) in [5.74, 6) is 0.784. The van der Waals surface area contributed by atoms with Crippen molar-refractivity contribution in [3.63, 3.8) is 0 Å². The second-order valence-corrected chi connectivity index (χ2v) is 3.36. The predicted molar refractivity (Wildman–Crippen MR) is 50.0 cm³/mol. The number of halogens is 2. The maximum atomic E-state index is 13.0. The van der Waals surface area contributed by atoms with E-state index in [1.165, 1.54) is 6.07 Å². The second kappa shape index (κ2) is 4.46. The summed E-state index contributed by atoms with van der Waals surface area (Å²) in [5.41, 5.74) is 0.755. The van der Waals surface area contributed by atoms with Crippen LogP contribution in [0.5, 0.6) is 0 Å². The zero-order chi connectivity index (χ0) is 8.97. The van der Waals surface area contributed by atoms with Crippen LogP contribution in [0.15, 0.2) is 24.3 Å². The number of rotatable bonds is 3. The van der Waals surface area contributed by atoms with Crippen LogP contribution in [0.25, 0.3) is 0 Å². The van der Waals surface area contributed by atoms with Gasteiger partial charge in [-0.1, -0.05) is 25.1 Å². The van der Waals surface area contributed by atoms with E-state index in [1.54, 1.807) is 12.1 Å². The zero-order valence-corrected chi connectivity index (χ0v) is 7.81. The van der Waals surface area contributed by atoms with Gasteiger partial charge in [0.05, 0.1) is 0 Å². The Labute approximate surface area is 77.4 Å². The molecule has 0 saturated heterocycles. The molecule has 0 heterocycles. The first-order valence-corrected chi connectivity index (χ1v) is 4.57. The molecule has 1 unspecified atom stereocenters. The van der Waals surface area contributed by atoms with E-state index in [1.807, 2.05) is 13.0 Å². The summed E-state index contributed by atoms with van der Waals surface area (Å²) in [4.78, 5) is 0. The zero-order valence-electron chi connectivity index (χ0n) is 7.06. The van der Waals surface area contributed by atoms with E-state index in [2.05, 4.69) is 0 Å². The van der Waals surface area contributed by atoms with Crippen molar-refractivity contribution >= 4 is 11.6 Å². The maximum absolute atomic E-state index is 13.0. The molecule has 0 amide bonds. The van der Waals surface area contributed by atoms with Crippen LogP contribution in [0.1, 0.15) is 12.5 Å². The summed E-state index contributed by atoms with van der Waals surface area (Å²) in [5, 5.41) is 0. The third kappa shape index (κ3) is 2.49. The van der Waals surface area contributed by atoms with E-state index < -0.39 is 0 Å². The van der Waals surface area contributed by atoms with Crippen molar-refractivity contribution < 1.29 is 4.39 Å². The lowest BCUT2D eigenvalue weighted by Crippen LogP contribution is -2.02. The molecule has 1 atom stereocenters. The quantitative estimate of drug-likeness (QED) is 0.636. The van der Waals surface area contributed by atoms with E-state index in [0.717, 1.165) is 12.0 Å². The topological polar surface area (TPSA) is 0 Å². The minimum Gasteiger partial charge on any atom is -0.207 e. The Kier molecular flexibility index (Phi) is 3.54. The van der Waals surface area contributed by atoms with Gasteiger partial charge >= 0.3 is 0 Å². The lowest BCUT2D eigenvalue weighted by atomic mass is 10.0. The first-order valence-electron chi connectivity index (χ1n) is 4.03. The Hall–Kier alpha value is -0.560. The summed E-state index contributed by atoms with van der Waals surface area (Å²) in [6.45, 7) is 2.01. The Morgan fingerprint density at radius 2 is 2.08 bits per heavy atom. The Balaban J connectivity index is 2.69. The number of hydrogen-bond acceptors (Lipinski definition) is 0. The highest BCUT2D eigenvalue weighted by Gasteiger charge is 2.05. The maximum Gasteiger partial charge on any atom is 0.126 e. The molecule has 0 radical (unpaired) electrons. The lowest BCUT2D eigenvalue weighted by Gasteiger charge is -2.07. The molecule has 1 aromatic rings. The first-order chi connectivity index (χ1) is 5.74. The van der Waals surface area contributed by atoms with Gasteiger partial charge in [-0.3, -0.25) is 0 Å². The van der Waals surface area contributed by atoms with Crippen LogP contribution in [-0.2, 0) is 6.42 Å². The number of alkyl halides is 1. The summed E-state index contributed by atoms with van der Waals surface area (Å²) in [6.07, 6.45) is 0.718. The molecule has 0 aliphatic rings. The number of benzene rings is 1. The summed E-state index contributed by atoms with van der Waals surface area (Å²) < 4.78 is 13.0. The Bertz CT molecular complexity index is 247. The first kappa shape index (κ1) is 9.53. The molecule has 66 valence electrons. The standard InChI is InChI=1S/C10H12ClF/c1-8(7-11)6-9-4-2-3-5-10(9)12/h2-5,8H,6-7H2,1H3. The van der Waals surface area contributed by atoms with E-state index in [0.29, 0.717) is 11.8 Å². The van der Waals surface area contributed by atoms with Gasteiger partial charge in [-0.25, -0.2) is 4.39 Å². The van der Waals surface area contributed by atoms with Crippen LogP contribution in [0.2, 0.25) is 0 Å². The summed E-state index contributed by atoms with van der Waals surface area (Å²) >= 11 is 5.63. The molecule has 0 saturated carbocycles. The second-order valence-electron chi connectivity index (χ2n) is 3.06. The highest BCUT2D eigenvalue weighted by Crippen LogP contribution is 2.12. The van der Waals surface area contributed by atoms with Crippen molar-refractivity contribution in [2.45, 2.75) is 13.3 Å². The molecule has 0 N–H and O–H groups in total. The molecule has 1 rings (SSSR count). The average Bonchev–Trinajstić information content (AvgIpc) is 2.09. The molecule has 0 aliphatic carbocycles. The molecule has 0 aliphatic heterocycles. The van der Waals surface area contributed by atoms with Crippen LogP contribution in [0.3, 0.4) is 0 Å². The molecular weight excluding hydrogens is 175 g/mol. The highest BCUT2D eigenvalue weighted by molar-refractivity contribution is 6.18. The fourth-order valence-corrected chi connectivity index (χ4v) is 1.20. The molecule has 12 heavy (non-hydrogen) atoms. The Morgan fingerprint density at radius 3 is 2.67 bits per heavy atom. The Morgan fingerprint density at radius 1 is 1.42 bits per heavy atom. The van der Waals surface area contributed by atoms with Gasteiger partial charge in [0.15, 0.2) is 0 Å². The van der Waals surface area contributed by atoms with Crippen molar-refractivity contribution in [1.82, 2.24) is 0 Å². The fraction of sp³-hybridized carbons (Fsp3) is 0.400. The van der Waals surface area contributed by atoms with E-state index in [4.69, 9.17) is 11.6 Å². The van der Waals surface area contributed by atoms with Gasteiger partial charge in [-0.15, -0.1) is 11.6 Å². The van der Waals surface area contributed by atoms with E-state index in [9.17, 15) is 4.39 Å². The molecule has 0 spiro atoms. The molecule has 0 bridgehead atoms. The fourth-order valence-electron chi connectivity index (χ4n) is 1.09. The van der Waals surface area contributed by atoms with Gasteiger partial charge in [0.1, 0.15) is 5.82 Å². The van der Waals surface area contributed by atoms with Gasteiger partial charge in [-0.2, -0.15) is 0 Å². The summed E-state index contributed by atoms with van der Waals surface area (Å²) in [6, 6.07) is 6.83. The smallest absolute Gasteiger partial charge is 0.126 e. The minimum absolute atomic E-state index is 0.130. The molecule has 0 fully saturated rings. The minimum atomic E-state index is -0.130. The van der Waals surface area contributed by atoms with Gasteiger partial charge < -0.3 is 0 Å². The average molecular weight is 187 g/mol. The monoisotopic (exact) mass is 186 g/mol. The summed E-state index contributed by atoms with van der Waals surface area (Å²) in [7, 11) is 0. The third-order valence-electron chi connectivity index (χ3n) is 1.79. The van der Waals surface area contributed by atoms with Crippen molar-refractivity contribution in [3.05, 3.63) is 35.6 Å². The molecule has 0 nitrogen and oxygen atoms in total. The van der Waals surface area contributed by atoms with Gasteiger partial charge in [0.2, 0.25) is 0 Å². The third-order valence-corrected chi connectivity index (χ3v) is 2.32. The highest BCUT2D eigenvalue weighted by atomic mass is 35.5. The van der Waals surface area contributed by atoms with E-state index in [-0.39, 0.29) is 5.82 Å².